The van der Waals surface area contributed by atoms with E-state index < -0.39 is 0 Å². The van der Waals surface area contributed by atoms with Crippen molar-refractivity contribution >= 4 is 17.2 Å². The average Bonchev–Trinajstić information content (AvgIpc) is 3.15. The van der Waals surface area contributed by atoms with Gasteiger partial charge in [-0.3, -0.25) is 9.78 Å². The SMILES string of the molecule is O=C(NCCc1csc(-c2ccncc2)n1)c1ncoc1C1CC1. The molecule has 0 saturated heterocycles. The van der Waals surface area contributed by atoms with Crippen LogP contribution in [0.4, 0.5) is 0 Å². The van der Waals surface area contributed by atoms with Crippen molar-refractivity contribution in [1.29, 1.82) is 0 Å². The summed E-state index contributed by atoms with van der Waals surface area (Å²) in [6.07, 6.45) is 7.70. The summed E-state index contributed by atoms with van der Waals surface area (Å²) in [5.41, 5.74) is 2.45. The molecule has 1 aliphatic carbocycles. The second-order valence-electron chi connectivity index (χ2n) is 5.73. The maximum Gasteiger partial charge on any atom is 0.273 e. The molecule has 7 heteroatoms. The van der Waals surface area contributed by atoms with Crippen molar-refractivity contribution in [3.8, 4) is 10.6 Å². The fraction of sp³-hybridized carbons (Fsp3) is 0.294. The fourth-order valence-electron chi connectivity index (χ4n) is 2.50. The lowest BCUT2D eigenvalue weighted by atomic mass is 10.2. The Labute approximate surface area is 143 Å². The first kappa shape index (κ1) is 15.0. The topological polar surface area (TPSA) is 80.9 Å². The summed E-state index contributed by atoms with van der Waals surface area (Å²) in [6, 6.07) is 3.88. The normalized spacial score (nSPS) is 13.8. The predicted octanol–water partition coefficient (Wildman–Crippen LogP) is 3.04. The minimum absolute atomic E-state index is 0.171. The minimum Gasteiger partial charge on any atom is -0.447 e. The van der Waals surface area contributed by atoms with Crippen LogP contribution in [0.1, 0.15) is 40.7 Å². The lowest BCUT2D eigenvalue weighted by molar-refractivity contribution is 0.0947. The smallest absolute Gasteiger partial charge is 0.273 e. The number of oxazole rings is 1. The Kier molecular flexibility index (Phi) is 4.08. The first-order valence-corrected chi connectivity index (χ1v) is 8.75. The van der Waals surface area contributed by atoms with Crippen LogP contribution < -0.4 is 5.32 Å². The monoisotopic (exact) mass is 340 g/mol. The number of aromatic nitrogens is 3. The molecule has 1 amide bonds. The highest BCUT2D eigenvalue weighted by Crippen LogP contribution is 2.41. The molecule has 1 fully saturated rings. The summed E-state index contributed by atoms with van der Waals surface area (Å²) >= 11 is 1.59. The maximum atomic E-state index is 12.2. The Morgan fingerprint density at radius 1 is 1.33 bits per heavy atom. The summed E-state index contributed by atoms with van der Waals surface area (Å²) in [6.45, 7) is 0.523. The van der Waals surface area contributed by atoms with Crippen molar-refractivity contribution in [2.75, 3.05) is 6.54 Å². The van der Waals surface area contributed by atoms with Gasteiger partial charge in [0, 0.05) is 42.2 Å². The summed E-state index contributed by atoms with van der Waals surface area (Å²) in [4.78, 5) is 24.9. The Bertz CT molecular complexity index is 839. The van der Waals surface area contributed by atoms with Crippen LogP contribution in [0.5, 0.6) is 0 Å². The third kappa shape index (κ3) is 3.21. The van der Waals surface area contributed by atoms with Crippen molar-refractivity contribution < 1.29 is 9.21 Å². The first-order valence-electron chi connectivity index (χ1n) is 7.87. The Morgan fingerprint density at radius 3 is 2.96 bits per heavy atom. The molecule has 0 aliphatic heterocycles. The quantitative estimate of drug-likeness (QED) is 0.746. The van der Waals surface area contributed by atoms with Gasteiger partial charge in [-0.25, -0.2) is 9.97 Å². The van der Waals surface area contributed by atoms with Crippen molar-refractivity contribution in [2.24, 2.45) is 0 Å². The van der Waals surface area contributed by atoms with E-state index in [0.717, 1.165) is 34.9 Å². The van der Waals surface area contributed by atoms with E-state index in [0.29, 0.717) is 24.6 Å². The maximum absolute atomic E-state index is 12.2. The number of carbonyl (C=O) groups is 1. The molecule has 1 N–H and O–H groups in total. The van der Waals surface area contributed by atoms with E-state index in [-0.39, 0.29) is 5.91 Å². The number of thiazole rings is 1. The van der Waals surface area contributed by atoms with Gasteiger partial charge >= 0.3 is 0 Å². The highest BCUT2D eigenvalue weighted by Gasteiger charge is 2.32. The van der Waals surface area contributed by atoms with E-state index in [1.165, 1.54) is 6.39 Å². The van der Waals surface area contributed by atoms with Gasteiger partial charge in [0.05, 0.1) is 5.69 Å². The summed E-state index contributed by atoms with van der Waals surface area (Å²) < 4.78 is 5.34. The zero-order valence-electron chi connectivity index (χ0n) is 12.9. The number of rotatable bonds is 6. The Hall–Kier alpha value is -2.54. The van der Waals surface area contributed by atoms with Crippen LogP contribution in [0.3, 0.4) is 0 Å². The van der Waals surface area contributed by atoms with E-state index in [1.54, 1.807) is 23.7 Å². The number of nitrogens with zero attached hydrogens (tertiary/aromatic N) is 3. The first-order chi connectivity index (χ1) is 11.8. The van der Waals surface area contributed by atoms with Gasteiger partial charge in [-0.2, -0.15) is 0 Å². The number of hydrogen-bond donors (Lipinski definition) is 1. The minimum atomic E-state index is -0.171. The Morgan fingerprint density at radius 2 is 2.17 bits per heavy atom. The molecule has 24 heavy (non-hydrogen) atoms. The van der Waals surface area contributed by atoms with Crippen LogP contribution in [0, 0.1) is 0 Å². The van der Waals surface area contributed by atoms with Gasteiger partial charge in [0.25, 0.3) is 5.91 Å². The highest BCUT2D eigenvalue weighted by molar-refractivity contribution is 7.13. The van der Waals surface area contributed by atoms with Crippen LogP contribution in [0.25, 0.3) is 10.6 Å². The van der Waals surface area contributed by atoms with Gasteiger partial charge in [-0.1, -0.05) is 0 Å². The van der Waals surface area contributed by atoms with Gasteiger partial charge < -0.3 is 9.73 Å². The summed E-state index contributed by atoms with van der Waals surface area (Å²) in [5.74, 6) is 0.922. The highest BCUT2D eigenvalue weighted by atomic mass is 32.1. The summed E-state index contributed by atoms with van der Waals surface area (Å²) in [7, 11) is 0. The van der Waals surface area contributed by atoms with Crippen LogP contribution >= 0.6 is 11.3 Å². The molecule has 0 radical (unpaired) electrons. The van der Waals surface area contributed by atoms with Crippen LogP contribution in [-0.4, -0.2) is 27.4 Å². The lowest BCUT2D eigenvalue weighted by Crippen LogP contribution is -2.26. The van der Waals surface area contributed by atoms with E-state index >= 15 is 0 Å². The van der Waals surface area contributed by atoms with Gasteiger partial charge in [0.1, 0.15) is 10.8 Å². The fourth-order valence-corrected chi connectivity index (χ4v) is 3.36. The molecule has 1 aliphatic rings. The second-order valence-corrected chi connectivity index (χ2v) is 6.58. The predicted molar refractivity (Wildman–Crippen MR) is 89.9 cm³/mol. The number of hydrogen-bond acceptors (Lipinski definition) is 6. The van der Waals surface area contributed by atoms with Gasteiger partial charge in [-0.15, -0.1) is 11.3 Å². The van der Waals surface area contributed by atoms with Crippen molar-refractivity contribution in [2.45, 2.75) is 25.2 Å². The third-order valence-electron chi connectivity index (χ3n) is 3.90. The van der Waals surface area contributed by atoms with E-state index in [2.05, 4.69) is 20.3 Å². The molecule has 0 unspecified atom stereocenters. The van der Waals surface area contributed by atoms with Crippen LogP contribution in [0.2, 0.25) is 0 Å². The van der Waals surface area contributed by atoms with Crippen LogP contribution in [-0.2, 0) is 6.42 Å². The molecule has 3 aromatic rings. The van der Waals surface area contributed by atoms with Crippen molar-refractivity contribution in [3.05, 3.63) is 53.4 Å². The van der Waals surface area contributed by atoms with E-state index in [9.17, 15) is 4.79 Å². The summed E-state index contributed by atoms with van der Waals surface area (Å²) in [5, 5.41) is 5.88. The second kappa shape index (κ2) is 6.52. The third-order valence-corrected chi connectivity index (χ3v) is 4.84. The zero-order valence-corrected chi connectivity index (χ0v) is 13.8. The molecule has 0 atom stereocenters. The molecule has 122 valence electrons. The molecule has 1 saturated carbocycles. The van der Waals surface area contributed by atoms with Crippen molar-refractivity contribution in [3.63, 3.8) is 0 Å². The molecule has 3 heterocycles. The molecule has 0 bridgehead atoms. The molecular weight excluding hydrogens is 324 g/mol. The number of pyridine rings is 1. The molecule has 4 rings (SSSR count). The van der Waals surface area contributed by atoms with Gasteiger partial charge in [0.2, 0.25) is 0 Å². The molecule has 6 nitrogen and oxygen atoms in total. The molecule has 0 spiro atoms. The largest absolute Gasteiger partial charge is 0.447 e. The molecular formula is C17H16N4O2S. The van der Waals surface area contributed by atoms with Crippen molar-refractivity contribution in [1.82, 2.24) is 20.3 Å². The van der Waals surface area contributed by atoms with Gasteiger partial charge in [-0.05, 0) is 25.0 Å². The zero-order chi connectivity index (χ0) is 16.4. The standard InChI is InChI=1S/C17H16N4O2S/c22-16(14-15(11-1-2-11)23-10-20-14)19-8-5-13-9-24-17(21-13)12-3-6-18-7-4-12/h3-4,6-7,9-11H,1-2,5,8H2,(H,19,22). The van der Waals surface area contributed by atoms with Crippen LogP contribution in [0.15, 0.2) is 40.7 Å². The number of amides is 1. The van der Waals surface area contributed by atoms with E-state index in [4.69, 9.17) is 4.42 Å². The van der Waals surface area contributed by atoms with E-state index in [1.807, 2.05) is 17.5 Å². The average molecular weight is 340 g/mol. The number of nitrogens with one attached hydrogen (secondary N) is 1. The number of carbonyl (C=O) groups excluding carboxylic acids is 1. The molecule has 0 aromatic carbocycles. The van der Waals surface area contributed by atoms with Gasteiger partial charge in [0.15, 0.2) is 12.1 Å². The lowest BCUT2D eigenvalue weighted by Gasteiger charge is -2.02. The molecule has 3 aromatic heterocycles. The Balaban J connectivity index is 1.33.